The molecular weight excluding hydrogens is 447 g/mol. The van der Waals surface area contributed by atoms with Gasteiger partial charge >= 0.3 is 6.18 Å². The van der Waals surface area contributed by atoms with E-state index in [1.807, 2.05) is 18.7 Å². The Kier molecular flexibility index (Phi) is 7.36. The maximum atomic E-state index is 13.9. The molecule has 0 saturated carbocycles. The molecule has 1 N–H and O–H groups in total. The van der Waals surface area contributed by atoms with Crippen LogP contribution in [0.2, 0.25) is 5.02 Å². The molecule has 0 radical (unpaired) electrons. The molecular formula is C23H23ClF3NO4. The minimum absolute atomic E-state index is 0.0426. The van der Waals surface area contributed by atoms with E-state index in [2.05, 4.69) is 0 Å². The summed E-state index contributed by atoms with van der Waals surface area (Å²) in [6, 6.07) is 8.37. The topological polar surface area (TPSA) is 62.9 Å². The molecule has 3 aromatic rings. The van der Waals surface area contributed by atoms with Crippen molar-refractivity contribution < 1.29 is 27.4 Å². The van der Waals surface area contributed by atoms with Crippen LogP contribution in [0.15, 0.2) is 45.6 Å². The monoisotopic (exact) mass is 469 g/mol. The number of nitrogens with zero attached hydrogens (tertiary/aromatic N) is 1. The zero-order valence-corrected chi connectivity index (χ0v) is 18.4. The van der Waals surface area contributed by atoms with Crippen LogP contribution in [-0.2, 0) is 12.7 Å². The van der Waals surface area contributed by atoms with Gasteiger partial charge in [-0.25, -0.2) is 0 Å². The standard InChI is InChI=1S/C23H23ClF3NO4/c1-3-5-12-28(4-2)13-15-17(29)11-10-14-19(30)21(22(23(25,26)27)32-20(14)15)31-18-9-7-6-8-16(18)24/h6-11,29H,3-5,12-13H2,1-2H3. The summed E-state index contributed by atoms with van der Waals surface area (Å²) >= 11 is 5.99. The van der Waals surface area contributed by atoms with E-state index in [1.165, 1.54) is 30.3 Å². The fraction of sp³-hybridized carbons (Fsp3) is 0.348. The summed E-state index contributed by atoms with van der Waals surface area (Å²) in [5, 5.41) is 10.3. The number of phenolic OH excluding ortho intramolecular Hbond substituents is 1. The number of phenols is 1. The minimum atomic E-state index is -5.01. The predicted molar refractivity (Wildman–Crippen MR) is 117 cm³/mol. The maximum absolute atomic E-state index is 13.9. The van der Waals surface area contributed by atoms with Crippen molar-refractivity contribution in [2.45, 2.75) is 39.4 Å². The Labute approximate surface area is 188 Å². The number of hydrogen-bond acceptors (Lipinski definition) is 5. The average Bonchev–Trinajstić information content (AvgIpc) is 2.74. The highest BCUT2D eigenvalue weighted by Gasteiger charge is 2.41. The van der Waals surface area contributed by atoms with Crippen molar-refractivity contribution in [1.82, 2.24) is 4.90 Å². The van der Waals surface area contributed by atoms with Crippen LogP contribution in [0, 0.1) is 0 Å². The Hall–Kier alpha value is -2.71. The molecule has 0 aliphatic rings. The smallest absolute Gasteiger partial charge is 0.453 e. The van der Waals surface area contributed by atoms with Crippen molar-refractivity contribution in [2.24, 2.45) is 0 Å². The zero-order valence-electron chi connectivity index (χ0n) is 17.6. The van der Waals surface area contributed by atoms with Crippen LogP contribution in [0.3, 0.4) is 0 Å². The predicted octanol–water partition coefficient (Wildman–Crippen LogP) is 6.59. The molecule has 0 amide bonds. The van der Waals surface area contributed by atoms with Gasteiger partial charge in [0.2, 0.25) is 11.2 Å². The summed E-state index contributed by atoms with van der Waals surface area (Å²) in [6.07, 6.45) is -3.19. The van der Waals surface area contributed by atoms with Crippen molar-refractivity contribution in [2.75, 3.05) is 13.1 Å². The SMILES string of the molecule is CCCCN(CC)Cc1c(O)ccc2c(=O)c(Oc3ccccc3Cl)c(C(F)(F)F)oc12. The van der Waals surface area contributed by atoms with Gasteiger partial charge in [-0.2, -0.15) is 13.2 Å². The lowest BCUT2D eigenvalue weighted by atomic mass is 10.1. The van der Waals surface area contributed by atoms with Gasteiger partial charge in [0.1, 0.15) is 17.1 Å². The van der Waals surface area contributed by atoms with Crippen LogP contribution >= 0.6 is 11.6 Å². The molecule has 5 nitrogen and oxygen atoms in total. The van der Waals surface area contributed by atoms with Crippen LogP contribution in [0.1, 0.15) is 38.0 Å². The number of benzene rings is 2. The highest BCUT2D eigenvalue weighted by Crippen LogP contribution is 2.41. The number of fused-ring (bicyclic) bond motifs is 1. The number of hydrogen-bond donors (Lipinski definition) is 1. The zero-order chi connectivity index (χ0) is 23.5. The fourth-order valence-electron chi connectivity index (χ4n) is 3.31. The minimum Gasteiger partial charge on any atom is -0.507 e. The summed E-state index contributed by atoms with van der Waals surface area (Å²) in [4.78, 5) is 15.0. The normalized spacial score (nSPS) is 12.0. The van der Waals surface area contributed by atoms with Crippen molar-refractivity contribution in [3.63, 3.8) is 0 Å². The first-order chi connectivity index (χ1) is 15.2. The molecule has 0 unspecified atom stereocenters. The number of ether oxygens (including phenoxy) is 1. The number of alkyl halides is 3. The Bertz CT molecular complexity index is 1160. The summed E-state index contributed by atoms with van der Waals surface area (Å²) in [7, 11) is 0. The van der Waals surface area contributed by atoms with E-state index in [0.717, 1.165) is 12.8 Å². The van der Waals surface area contributed by atoms with Gasteiger partial charge in [0.25, 0.3) is 5.76 Å². The Morgan fingerprint density at radius 2 is 1.88 bits per heavy atom. The second kappa shape index (κ2) is 9.83. The Balaban J connectivity index is 2.21. The highest BCUT2D eigenvalue weighted by atomic mass is 35.5. The summed E-state index contributed by atoms with van der Waals surface area (Å²) in [5.41, 5.74) is -1.20. The molecule has 172 valence electrons. The molecule has 0 spiro atoms. The molecule has 0 bridgehead atoms. The summed E-state index contributed by atoms with van der Waals surface area (Å²) in [6.45, 7) is 5.36. The van der Waals surface area contributed by atoms with E-state index in [-0.39, 0.29) is 39.6 Å². The molecule has 2 aromatic carbocycles. The third-order valence-electron chi connectivity index (χ3n) is 5.06. The van der Waals surface area contributed by atoms with Crippen LogP contribution in [0.4, 0.5) is 13.2 Å². The average molecular weight is 470 g/mol. The lowest BCUT2D eigenvalue weighted by molar-refractivity contribution is -0.154. The van der Waals surface area contributed by atoms with Crippen LogP contribution in [0.5, 0.6) is 17.2 Å². The van der Waals surface area contributed by atoms with Gasteiger partial charge < -0.3 is 14.3 Å². The van der Waals surface area contributed by atoms with E-state index >= 15 is 0 Å². The van der Waals surface area contributed by atoms with Gasteiger partial charge in [-0.1, -0.05) is 44.0 Å². The van der Waals surface area contributed by atoms with Crippen LogP contribution < -0.4 is 10.2 Å². The van der Waals surface area contributed by atoms with Crippen molar-refractivity contribution in [3.8, 4) is 17.2 Å². The molecule has 0 aliphatic heterocycles. The molecule has 9 heteroatoms. The van der Waals surface area contributed by atoms with E-state index in [1.54, 1.807) is 6.07 Å². The molecule has 1 heterocycles. The van der Waals surface area contributed by atoms with Crippen molar-refractivity contribution >= 4 is 22.6 Å². The van der Waals surface area contributed by atoms with E-state index < -0.39 is 23.1 Å². The maximum Gasteiger partial charge on any atom is 0.453 e. The molecule has 0 fully saturated rings. The summed E-state index contributed by atoms with van der Waals surface area (Å²) in [5.74, 6) is -2.95. The Morgan fingerprint density at radius 1 is 1.16 bits per heavy atom. The first-order valence-electron chi connectivity index (χ1n) is 10.2. The number of halogens is 4. The number of rotatable bonds is 8. The number of para-hydroxylation sites is 1. The molecule has 32 heavy (non-hydrogen) atoms. The highest BCUT2D eigenvalue weighted by molar-refractivity contribution is 6.32. The quantitative estimate of drug-likeness (QED) is 0.403. The third kappa shape index (κ3) is 5.02. The van der Waals surface area contributed by atoms with E-state index in [0.29, 0.717) is 13.1 Å². The van der Waals surface area contributed by atoms with Gasteiger partial charge in [0, 0.05) is 6.54 Å². The lowest BCUT2D eigenvalue weighted by Crippen LogP contribution is -2.24. The fourth-order valence-corrected chi connectivity index (χ4v) is 3.48. The Morgan fingerprint density at radius 3 is 2.50 bits per heavy atom. The van der Waals surface area contributed by atoms with E-state index in [9.17, 15) is 23.1 Å². The van der Waals surface area contributed by atoms with Gasteiger partial charge in [-0.15, -0.1) is 0 Å². The second-order valence-corrected chi connectivity index (χ2v) is 7.69. The van der Waals surface area contributed by atoms with Crippen molar-refractivity contribution in [3.05, 3.63) is 63.0 Å². The van der Waals surface area contributed by atoms with E-state index in [4.69, 9.17) is 20.8 Å². The molecule has 1 aromatic heterocycles. The first-order valence-corrected chi connectivity index (χ1v) is 10.6. The second-order valence-electron chi connectivity index (χ2n) is 7.28. The summed E-state index contributed by atoms with van der Waals surface area (Å²) < 4.78 is 52.1. The third-order valence-corrected chi connectivity index (χ3v) is 5.37. The van der Waals surface area contributed by atoms with Gasteiger partial charge in [-0.05, 0) is 43.8 Å². The van der Waals surface area contributed by atoms with Gasteiger partial charge in [0.15, 0.2) is 0 Å². The first kappa shape index (κ1) is 23.9. The van der Waals surface area contributed by atoms with Crippen LogP contribution in [0.25, 0.3) is 11.0 Å². The molecule has 0 saturated heterocycles. The molecule has 0 aliphatic carbocycles. The van der Waals surface area contributed by atoms with Crippen LogP contribution in [-0.4, -0.2) is 23.1 Å². The number of unbranched alkanes of at least 4 members (excludes halogenated alkanes) is 1. The lowest BCUT2D eigenvalue weighted by Gasteiger charge is -2.22. The van der Waals surface area contributed by atoms with Gasteiger partial charge in [0.05, 0.1) is 16.0 Å². The number of aromatic hydroxyl groups is 1. The molecule has 3 rings (SSSR count). The molecule has 0 atom stereocenters. The van der Waals surface area contributed by atoms with Crippen molar-refractivity contribution in [1.29, 1.82) is 0 Å². The largest absolute Gasteiger partial charge is 0.507 e. The van der Waals surface area contributed by atoms with Gasteiger partial charge in [-0.3, -0.25) is 9.69 Å².